The molecule has 9 unspecified atom stereocenters. The molecule has 4 N–H and O–H groups in total. The molecule has 1 aromatic carbocycles. The highest BCUT2D eigenvalue weighted by atomic mass is 19.1. The molecule has 0 heterocycles. The molecule has 3 fully saturated rings. The molecule has 0 bridgehead atoms. The van der Waals surface area contributed by atoms with Gasteiger partial charge in [0.15, 0.2) is 29.6 Å². The van der Waals surface area contributed by atoms with Gasteiger partial charge in [-0.2, -0.15) is 0 Å². The molecule has 296 valence electrons. The molecule has 0 aliphatic heterocycles. The Hall–Kier alpha value is -4.37. The van der Waals surface area contributed by atoms with Crippen molar-refractivity contribution in [2.24, 2.45) is 22.7 Å². The topological polar surface area (TPSA) is 203 Å². The Morgan fingerprint density at radius 2 is 1.65 bits per heavy atom. The maximum absolute atomic E-state index is 17.7. The van der Waals surface area contributed by atoms with E-state index in [0.29, 0.717) is 19.3 Å². The van der Waals surface area contributed by atoms with Crippen LogP contribution in [0, 0.1) is 22.7 Å². The summed E-state index contributed by atoms with van der Waals surface area (Å²) in [6, 6.07) is 1.81. The Balaban J connectivity index is 1.42. The van der Waals surface area contributed by atoms with Gasteiger partial charge in [-0.05, 0) is 74.8 Å². The summed E-state index contributed by atoms with van der Waals surface area (Å²) >= 11 is 0. The van der Waals surface area contributed by atoms with Crippen molar-refractivity contribution in [3.8, 4) is 17.2 Å². The lowest BCUT2D eigenvalue weighted by atomic mass is 9.44. The molecule has 9 atom stereocenters. The zero-order valence-electron chi connectivity index (χ0n) is 30.8. The average molecular weight is 763 g/mol. The number of hydrogen-bond acceptors (Lipinski definition) is 13. The third-order valence-corrected chi connectivity index (χ3v) is 12.0. The summed E-state index contributed by atoms with van der Waals surface area (Å²) in [5.74, 6) is -8.29. The van der Waals surface area contributed by atoms with Gasteiger partial charge in [0.05, 0.1) is 18.3 Å². The first-order chi connectivity index (χ1) is 25.4. The first-order valence-electron chi connectivity index (χ1n) is 18.4. The number of ether oxygens (including phenoxy) is 4. The zero-order chi connectivity index (χ0) is 39.8. The fraction of sp³-hybridized carbons (Fsp3) is 0.615. The molecular formula is C39H48F2O13. The van der Waals surface area contributed by atoms with Gasteiger partial charge in [-0.15, -0.1) is 0 Å². The number of aliphatic hydroxyl groups excluding tert-OH is 2. The van der Waals surface area contributed by atoms with Crippen LogP contribution < -0.4 is 4.74 Å². The molecule has 0 radical (unpaired) electrons. The van der Waals surface area contributed by atoms with Gasteiger partial charge in [0.2, 0.25) is 17.1 Å². The highest BCUT2D eigenvalue weighted by molar-refractivity contribution is 6.01. The van der Waals surface area contributed by atoms with Gasteiger partial charge < -0.3 is 39.4 Å². The number of phenolic OH excluding ortho intramolecular Hbond substituents is 2. The predicted octanol–water partition coefficient (Wildman–Crippen LogP) is 5.29. The number of alkyl halides is 2. The molecule has 0 amide bonds. The zero-order valence-corrected chi connectivity index (χ0v) is 30.8. The summed E-state index contributed by atoms with van der Waals surface area (Å²) in [7, 11) is 0. The molecule has 54 heavy (non-hydrogen) atoms. The van der Waals surface area contributed by atoms with Crippen LogP contribution >= 0.6 is 0 Å². The monoisotopic (exact) mass is 762 g/mol. The maximum atomic E-state index is 17.7. The minimum absolute atomic E-state index is 0.0823. The second-order valence-corrected chi connectivity index (χ2v) is 15.2. The number of rotatable bonds is 13. The van der Waals surface area contributed by atoms with Crippen LogP contribution in [0.3, 0.4) is 0 Å². The quantitative estimate of drug-likeness (QED) is 0.0664. The minimum atomic E-state index is -2.56. The largest absolute Gasteiger partial charge is 0.514 e. The number of esters is 2. The third-order valence-electron chi connectivity index (χ3n) is 12.0. The molecule has 0 aromatic heterocycles. The van der Waals surface area contributed by atoms with E-state index in [1.54, 1.807) is 0 Å². The number of ketones is 2. The van der Waals surface area contributed by atoms with Gasteiger partial charge in [-0.1, -0.05) is 46.1 Å². The molecule has 4 aliphatic carbocycles. The van der Waals surface area contributed by atoms with E-state index < -0.39 is 119 Å². The van der Waals surface area contributed by atoms with Gasteiger partial charge in [0, 0.05) is 23.2 Å². The van der Waals surface area contributed by atoms with Gasteiger partial charge in [-0.3, -0.25) is 14.4 Å². The number of fused-ring (bicyclic) bond motifs is 5. The summed E-state index contributed by atoms with van der Waals surface area (Å²) in [6.07, 6.45) is -2.11. The lowest BCUT2D eigenvalue weighted by Crippen LogP contribution is -2.71. The van der Waals surface area contributed by atoms with Crippen molar-refractivity contribution in [2.45, 2.75) is 115 Å². The number of aromatic hydroxyl groups is 2. The fourth-order valence-electron chi connectivity index (χ4n) is 9.24. The van der Waals surface area contributed by atoms with Crippen molar-refractivity contribution >= 4 is 29.7 Å². The number of halogens is 2. The van der Waals surface area contributed by atoms with E-state index in [1.165, 1.54) is 19.9 Å². The molecular weight excluding hydrogens is 714 g/mol. The lowest BCUT2D eigenvalue weighted by Gasteiger charge is -2.63. The molecule has 5 rings (SSSR count). The summed E-state index contributed by atoms with van der Waals surface area (Å²) in [6.45, 7) is 5.50. The molecule has 3 saturated carbocycles. The Kier molecular flexibility index (Phi) is 11.6. The Labute approximate surface area is 311 Å². The highest BCUT2D eigenvalue weighted by Gasteiger charge is 2.79. The number of unbranched alkanes of at least 4 members (excludes halogenated alkanes) is 3. The third kappa shape index (κ3) is 6.67. The van der Waals surface area contributed by atoms with Crippen LogP contribution in [0.5, 0.6) is 17.2 Å². The predicted molar refractivity (Wildman–Crippen MR) is 185 cm³/mol. The number of benzene rings is 1. The highest BCUT2D eigenvalue weighted by Crippen LogP contribution is 2.70. The normalized spacial score (nSPS) is 33.8. The first-order valence-corrected chi connectivity index (χ1v) is 18.4. The summed E-state index contributed by atoms with van der Waals surface area (Å²) in [4.78, 5) is 65.2. The van der Waals surface area contributed by atoms with Crippen molar-refractivity contribution in [1.82, 2.24) is 0 Å². The van der Waals surface area contributed by atoms with Gasteiger partial charge in [-0.25, -0.2) is 18.4 Å². The summed E-state index contributed by atoms with van der Waals surface area (Å²) in [5, 5.41) is 44.0. The van der Waals surface area contributed by atoms with Gasteiger partial charge >= 0.3 is 18.1 Å². The number of hydrogen-bond donors (Lipinski definition) is 4. The first kappa shape index (κ1) is 40.8. The molecule has 15 heteroatoms. The van der Waals surface area contributed by atoms with Crippen LogP contribution in [0.4, 0.5) is 13.6 Å². The number of aliphatic hydroxyl groups is 2. The van der Waals surface area contributed by atoms with Crippen molar-refractivity contribution in [3.05, 3.63) is 41.5 Å². The van der Waals surface area contributed by atoms with Gasteiger partial charge in [0.25, 0.3) is 0 Å². The average Bonchev–Trinajstić information content (AvgIpc) is 3.34. The Morgan fingerprint density at radius 1 is 0.944 bits per heavy atom. The SMILES string of the molecule is CCCCCOC(=O)c1cc(O)c(O)c(OC(=O)OCC(=O)C2(OC(=O)CCCC)C(O)CC3C4CC(F)C5=CC(=O)C=CC5(C)C4(F)C(O)CC32C)c1. The van der Waals surface area contributed by atoms with E-state index in [2.05, 4.69) is 0 Å². The van der Waals surface area contributed by atoms with Crippen molar-refractivity contribution in [3.63, 3.8) is 0 Å². The van der Waals surface area contributed by atoms with Crippen molar-refractivity contribution in [1.29, 1.82) is 0 Å². The number of carbonyl (C=O) groups excluding carboxylic acids is 5. The smallest absolute Gasteiger partial charge is 0.504 e. The number of carbonyl (C=O) groups is 5. The van der Waals surface area contributed by atoms with Crippen LogP contribution in [-0.4, -0.2) is 92.9 Å². The van der Waals surface area contributed by atoms with Crippen LogP contribution in [0.1, 0.15) is 95.8 Å². The fourth-order valence-corrected chi connectivity index (χ4v) is 9.24. The molecule has 0 spiro atoms. The maximum Gasteiger partial charge on any atom is 0.514 e. The molecule has 13 nitrogen and oxygen atoms in total. The van der Waals surface area contributed by atoms with E-state index in [9.17, 15) is 44.4 Å². The van der Waals surface area contributed by atoms with E-state index in [1.807, 2.05) is 13.8 Å². The Bertz CT molecular complexity index is 1740. The van der Waals surface area contributed by atoms with Crippen molar-refractivity contribution < 1.29 is 72.1 Å². The standard InChI is InChI=1S/C39H48F2O13/c1-5-7-9-13-51-34(49)21-14-27(43)33(48)28(15-21)53-35(50)52-20-31(46)39(54-32(47)10-8-6-2)29(44)18-23-24-17-26(40)25-16-22(42)11-12-36(25,3)38(24,41)30(45)19-37(23,39)4/h11-12,14-16,23-24,26,29-30,43-45,48H,5-10,13,17-20H2,1-4H3. The van der Waals surface area contributed by atoms with Crippen LogP contribution in [0.15, 0.2) is 35.9 Å². The second kappa shape index (κ2) is 15.4. The van der Waals surface area contributed by atoms with Crippen LogP contribution in [-0.2, 0) is 28.6 Å². The van der Waals surface area contributed by atoms with Crippen LogP contribution in [0.25, 0.3) is 0 Å². The summed E-state index contributed by atoms with van der Waals surface area (Å²) in [5.41, 5.74) is -8.93. The summed E-state index contributed by atoms with van der Waals surface area (Å²) < 4.78 is 54.7. The van der Waals surface area contributed by atoms with E-state index >= 15 is 8.78 Å². The Morgan fingerprint density at radius 3 is 2.33 bits per heavy atom. The van der Waals surface area contributed by atoms with E-state index in [-0.39, 0.29) is 30.6 Å². The number of Topliss-reactive ketones (excluding diaryl/α,β-unsaturated/α-hetero) is 1. The van der Waals surface area contributed by atoms with Gasteiger partial charge in [0.1, 0.15) is 12.3 Å². The van der Waals surface area contributed by atoms with Crippen molar-refractivity contribution in [2.75, 3.05) is 13.2 Å². The number of allylic oxidation sites excluding steroid dienone is 4. The van der Waals surface area contributed by atoms with E-state index in [4.69, 9.17) is 18.9 Å². The second-order valence-electron chi connectivity index (χ2n) is 15.2. The molecule has 4 aliphatic rings. The van der Waals surface area contributed by atoms with Crippen LogP contribution in [0.2, 0.25) is 0 Å². The molecule has 1 aromatic rings. The minimum Gasteiger partial charge on any atom is -0.504 e. The number of phenols is 2. The molecule has 0 saturated heterocycles. The van der Waals surface area contributed by atoms with E-state index in [0.717, 1.165) is 37.1 Å². The lowest BCUT2D eigenvalue weighted by molar-refractivity contribution is -0.234.